The first-order valence-corrected chi connectivity index (χ1v) is 8.68. The van der Waals surface area contributed by atoms with Crippen LogP contribution < -0.4 is 0 Å². The van der Waals surface area contributed by atoms with Crippen molar-refractivity contribution < 1.29 is 14.3 Å². The van der Waals surface area contributed by atoms with Crippen molar-refractivity contribution in [3.05, 3.63) is 65.5 Å². The first-order chi connectivity index (χ1) is 12.1. The Morgan fingerprint density at radius 1 is 1.08 bits per heavy atom. The SMILES string of the molecule is O=C1O[C@]2(CCN(C(=O)C3(c4ccccn4)CC3)C2)c2ccccc21. The molecule has 1 atom stereocenters. The number of fused-ring (bicyclic) bond motifs is 2. The van der Waals surface area contributed by atoms with Gasteiger partial charge in [-0.1, -0.05) is 24.3 Å². The van der Waals surface area contributed by atoms with Crippen LogP contribution in [-0.2, 0) is 20.5 Å². The maximum Gasteiger partial charge on any atom is 0.339 e. The third-order valence-electron chi connectivity index (χ3n) is 5.76. The summed E-state index contributed by atoms with van der Waals surface area (Å²) in [7, 11) is 0. The van der Waals surface area contributed by atoms with Crippen LogP contribution in [-0.4, -0.2) is 34.8 Å². The average Bonchev–Trinajstić information content (AvgIpc) is 3.29. The molecule has 5 nitrogen and oxygen atoms in total. The Bertz CT molecular complexity index is 876. The lowest BCUT2D eigenvalue weighted by Crippen LogP contribution is -2.40. The van der Waals surface area contributed by atoms with Crippen molar-refractivity contribution in [1.82, 2.24) is 9.88 Å². The van der Waals surface area contributed by atoms with E-state index in [2.05, 4.69) is 4.98 Å². The van der Waals surface area contributed by atoms with E-state index in [9.17, 15) is 9.59 Å². The number of amides is 1. The number of hydrogen-bond acceptors (Lipinski definition) is 4. The Labute approximate surface area is 145 Å². The summed E-state index contributed by atoms with van der Waals surface area (Å²) < 4.78 is 5.75. The molecule has 126 valence electrons. The fourth-order valence-electron chi connectivity index (χ4n) is 4.26. The van der Waals surface area contributed by atoms with Gasteiger partial charge in [-0.15, -0.1) is 0 Å². The number of carbonyl (C=O) groups is 2. The molecule has 1 amide bonds. The molecule has 2 fully saturated rings. The molecule has 1 spiro atoms. The first-order valence-electron chi connectivity index (χ1n) is 8.68. The average molecular weight is 334 g/mol. The number of esters is 1. The molecule has 3 aliphatic rings. The van der Waals surface area contributed by atoms with Crippen LogP contribution in [0, 0.1) is 0 Å². The van der Waals surface area contributed by atoms with E-state index in [0.29, 0.717) is 25.1 Å². The topological polar surface area (TPSA) is 59.5 Å². The second-order valence-electron chi connectivity index (χ2n) is 7.20. The summed E-state index contributed by atoms with van der Waals surface area (Å²) >= 11 is 0. The number of nitrogens with zero attached hydrogens (tertiary/aromatic N) is 2. The van der Waals surface area contributed by atoms with Gasteiger partial charge in [0.2, 0.25) is 5.91 Å². The summed E-state index contributed by atoms with van der Waals surface area (Å²) in [5.41, 5.74) is 1.24. The maximum absolute atomic E-state index is 13.2. The molecule has 1 aliphatic carbocycles. The predicted octanol–water partition coefficient (Wildman–Crippen LogP) is 2.41. The smallest absolute Gasteiger partial charge is 0.339 e. The molecule has 1 saturated carbocycles. The van der Waals surface area contributed by atoms with Gasteiger partial charge in [-0.25, -0.2) is 4.79 Å². The summed E-state index contributed by atoms with van der Waals surface area (Å²) in [6.07, 6.45) is 4.06. The second-order valence-corrected chi connectivity index (χ2v) is 7.20. The highest BCUT2D eigenvalue weighted by atomic mass is 16.6. The fraction of sp³-hybridized carbons (Fsp3) is 0.350. The van der Waals surface area contributed by atoms with Gasteiger partial charge in [0.05, 0.1) is 23.2 Å². The highest BCUT2D eigenvalue weighted by Crippen LogP contribution is 2.51. The number of ether oxygens (including phenoxy) is 1. The van der Waals surface area contributed by atoms with E-state index in [-0.39, 0.29) is 11.9 Å². The molecule has 2 aromatic rings. The number of benzene rings is 1. The fourth-order valence-corrected chi connectivity index (χ4v) is 4.26. The second kappa shape index (κ2) is 4.91. The van der Waals surface area contributed by atoms with Crippen LogP contribution in [0.1, 0.15) is 40.9 Å². The minimum atomic E-state index is -0.677. The number of carbonyl (C=O) groups excluding carboxylic acids is 2. The highest BCUT2D eigenvalue weighted by Gasteiger charge is 2.58. The van der Waals surface area contributed by atoms with Gasteiger partial charge in [-0.3, -0.25) is 9.78 Å². The van der Waals surface area contributed by atoms with Crippen LogP contribution in [0.5, 0.6) is 0 Å². The van der Waals surface area contributed by atoms with Gasteiger partial charge in [-0.2, -0.15) is 0 Å². The molecule has 2 aliphatic heterocycles. The molecule has 1 aromatic heterocycles. The van der Waals surface area contributed by atoms with Crippen molar-refractivity contribution in [1.29, 1.82) is 0 Å². The first kappa shape index (κ1) is 14.6. The molecule has 5 rings (SSSR count). The zero-order chi connectivity index (χ0) is 17.1. The van der Waals surface area contributed by atoms with E-state index in [1.54, 1.807) is 12.3 Å². The van der Waals surface area contributed by atoms with E-state index < -0.39 is 11.0 Å². The number of pyridine rings is 1. The van der Waals surface area contributed by atoms with Crippen LogP contribution in [0.3, 0.4) is 0 Å². The Morgan fingerprint density at radius 2 is 1.88 bits per heavy atom. The maximum atomic E-state index is 13.2. The van der Waals surface area contributed by atoms with Gasteiger partial charge in [0, 0.05) is 24.7 Å². The zero-order valence-electron chi connectivity index (χ0n) is 13.8. The number of hydrogen-bond donors (Lipinski definition) is 0. The standard InChI is InChI=1S/C20H18N2O3/c23-17-14-5-1-2-6-15(14)20(25-17)10-12-22(13-20)18(24)19(8-9-19)16-7-3-4-11-21-16/h1-7,11H,8-10,12-13H2/t20-/m0/s1. The van der Waals surface area contributed by atoms with Gasteiger partial charge >= 0.3 is 5.97 Å². The van der Waals surface area contributed by atoms with Crippen LogP contribution in [0.2, 0.25) is 0 Å². The lowest BCUT2D eigenvalue weighted by Gasteiger charge is -2.26. The monoisotopic (exact) mass is 334 g/mol. The van der Waals surface area contributed by atoms with Crippen molar-refractivity contribution in [2.75, 3.05) is 13.1 Å². The normalized spacial score (nSPS) is 25.8. The van der Waals surface area contributed by atoms with Crippen LogP contribution >= 0.6 is 0 Å². The Balaban J connectivity index is 1.44. The quantitative estimate of drug-likeness (QED) is 0.792. The molecule has 0 bridgehead atoms. The third kappa shape index (κ3) is 1.98. The highest BCUT2D eigenvalue weighted by molar-refractivity contribution is 5.95. The minimum Gasteiger partial charge on any atom is -0.449 e. The molecular formula is C20H18N2O3. The van der Waals surface area contributed by atoms with Crippen LogP contribution in [0.25, 0.3) is 0 Å². The van der Waals surface area contributed by atoms with Gasteiger partial charge in [0.25, 0.3) is 0 Å². The molecule has 0 unspecified atom stereocenters. The summed E-state index contributed by atoms with van der Waals surface area (Å²) in [5, 5.41) is 0. The largest absolute Gasteiger partial charge is 0.449 e. The van der Waals surface area contributed by atoms with Crippen molar-refractivity contribution in [2.45, 2.75) is 30.3 Å². The van der Waals surface area contributed by atoms with E-state index in [1.165, 1.54) is 0 Å². The Morgan fingerprint density at radius 3 is 2.64 bits per heavy atom. The van der Waals surface area contributed by atoms with Crippen molar-refractivity contribution in [3.8, 4) is 0 Å². The lowest BCUT2D eigenvalue weighted by atomic mass is 9.91. The molecule has 0 N–H and O–H groups in total. The number of rotatable bonds is 2. The van der Waals surface area contributed by atoms with E-state index >= 15 is 0 Å². The van der Waals surface area contributed by atoms with Crippen molar-refractivity contribution >= 4 is 11.9 Å². The molecule has 5 heteroatoms. The Kier molecular flexibility index (Phi) is 2.87. The molecular weight excluding hydrogens is 316 g/mol. The van der Waals surface area contributed by atoms with Gasteiger partial charge in [0.15, 0.2) is 5.60 Å². The number of aromatic nitrogens is 1. The lowest BCUT2D eigenvalue weighted by molar-refractivity contribution is -0.134. The summed E-state index contributed by atoms with van der Waals surface area (Å²) in [6.45, 7) is 1.04. The molecule has 1 aromatic carbocycles. The third-order valence-corrected chi connectivity index (χ3v) is 5.76. The molecule has 0 radical (unpaired) electrons. The van der Waals surface area contributed by atoms with Crippen molar-refractivity contribution in [3.63, 3.8) is 0 Å². The van der Waals surface area contributed by atoms with Gasteiger partial charge in [0.1, 0.15) is 0 Å². The van der Waals surface area contributed by atoms with E-state index in [4.69, 9.17) is 4.74 Å². The molecule has 25 heavy (non-hydrogen) atoms. The summed E-state index contributed by atoms with van der Waals surface area (Å²) in [5.74, 6) is -0.167. The molecule has 3 heterocycles. The predicted molar refractivity (Wildman–Crippen MR) is 89.9 cm³/mol. The zero-order valence-corrected chi connectivity index (χ0v) is 13.8. The Hall–Kier alpha value is -2.69. The number of likely N-dealkylation sites (tertiary alicyclic amines) is 1. The van der Waals surface area contributed by atoms with E-state index in [1.807, 2.05) is 41.3 Å². The van der Waals surface area contributed by atoms with Crippen LogP contribution in [0.15, 0.2) is 48.7 Å². The van der Waals surface area contributed by atoms with Crippen molar-refractivity contribution in [2.24, 2.45) is 0 Å². The van der Waals surface area contributed by atoms with Gasteiger partial charge in [-0.05, 0) is 31.0 Å². The van der Waals surface area contributed by atoms with Crippen LogP contribution in [0.4, 0.5) is 0 Å². The van der Waals surface area contributed by atoms with E-state index in [0.717, 1.165) is 24.1 Å². The molecule has 1 saturated heterocycles. The minimum absolute atomic E-state index is 0.114. The summed E-state index contributed by atoms with van der Waals surface area (Å²) in [4.78, 5) is 31.7. The summed E-state index contributed by atoms with van der Waals surface area (Å²) in [6, 6.07) is 13.2. The van der Waals surface area contributed by atoms with Gasteiger partial charge < -0.3 is 9.64 Å².